The number of carbonyl (C=O) groups excluding carboxylic acids is 2. The summed E-state index contributed by atoms with van der Waals surface area (Å²) in [6.07, 6.45) is 6.50. The average Bonchev–Trinajstić information content (AvgIpc) is 2.88. The van der Waals surface area contributed by atoms with Gasteiger partial charge < -0.3 is 20.9 Å². The monoisotopic (exact) mass is 457 g/mol. The molecule has 1 aliphatic heterocycles. The Hall–Kier alpha value is -3.71. The van der Waals surface area contributed by atoms with E-state index >= 15 is 0 Å². The maximum atomic E-state index is 12.6. The molecule has 0 atom stereocenters. The van der Waals surface area contributed by atoms with Crippen LogP contribution in [0.4, 0.5) is 17.2 Å². The molecule has 1 fully saturated rings. The number of aromatic nitrogens is 1. The summed E-state index contributed by atoms with van der Waals surface area (Å²) in [4.78, 5) is 31.5. The molecule has 1 aliphatic rings. The maximum absolute atomic E-state index is 12.6. The van der Waals surface area contributed by atoms with E-state index in [1.165, 1.54) is 32.4 Å². The van der Waals surface area contributed by atoms with E-state index in [1.54, 1.807) is 30.5 Å². The van der Waals surface area contributed by atoms with Crippen molar-refractivity contribution in [2.45, 2.75) is 25.7 Å². The number of anilines is 3. The number of benzene rings is 2. The second kappa shape index (κ2) is 12.0. The highest BCUT2D eigenvalue weighted by atomic mass is 16.2. The van der Waals surface area contributed by atoms with Crippen LogP contribution in [0.25, 0.3) is 0 Å². The van der Waals surface area contributed by atoms with Crippen molar-refractivity contribution in [3.8, 4) is 0 Å². The van der Waals surface area contributed by atoms with Crippen molar-refractivity contribution < 1.29 is 9.59 Å². The fraction of sp³-hybridized carbons (Fsp3) is 0.296. The van der Waals surface area contributed by atoms with E-state index in [2.05, 4.69) is 25.8 Å². The predicted octanol–water partition coefficient (Wildman–Crippen LogP) is 4.68. The van der Waals surface area contributed by atoms with Crippen LogP contribution in [-0.2, 0) is 0 Å². The highest BCUT2D eigenvalue weighted by Crippen LogP contribution is 2.19. The summed E-state index contributed by atoms with van der Waals surface area (Å²) in [5.41, 5.74) is 2.79. The first-order valence-electron chi connectivity index (χ1n) is 11.9. The number of carbonyl (C=O) groups is 2. The van der Waals surface area contributed by atoms with Crippen molar-refractivity contribution in [1.82, 2.24) is 15.2 Å². The first kappa shape index (κ1) is 23.4. The number of nitrogens with zero attached hydrogens (tertiary/aromatic N) is 2. The van der Waals surface area contributed by atoms with Crippen LogP contribution in [0.5, 0.6) is 0 Å². The number of rotatable bonds is 9. The number of piperidine rings is 1. The number of nitrogens with one attached hydrogen (secondary N) is 3. The van der Waals surface area contributed by atoms with Gasteiger partial charge in [0.05, 0.1) is 0 Å². The predicted molar refractivity (Wildman–Crippen MR) is 136 cm³/mol. The Morgan fingerprint density at radius 1 is 0.824 bits per heavy atom. The summed E-state index contributed by atoms with van der Waals surface area (Å²) >= 11 is 0. The van der Waals surface area contributed by atoms with Crippen molar-refractivity contribution in [2.24, 2.45) is 0 Å². The summed E-state index contributed by atoms with van der Waals surface area (Å²) in [6.45, 7) is 4.07. The molecule has 0 unspecified atom stereocenters. The van der Waals surface area contributed by atoms with E-state index in [0.29, 0.717) is 23.5 Å². The molecule has 0 spiro atoms. The van der Waals surface area contributed by atoms with Crippen LogP contribution in [0.3, 0.4) is 0 Å². The standard InChI is InChI=1S/C27H31N5O2/c33-26(29-16-7-19-32-17-4-1-5-18-32)22-8-6-9-24(20-22)30-23-13-11-21(12-14-23)27(34)31-25-10-2-3-15-28-25/h2-3,6,8-15,20,30H,1,4-5,7,16-19H2,(H,29,33)(H,28,31,34). The zero-order chi connectivity index (χ0) is 23.6. The van der Waals surface area contributed by atoms with E-state index in [0.717, 1.165) is 24.3 Å². The van der Waals surface area contributed by atoms with E-state index in [9.17, 15) is 9.59 Å². The molecule has 0 radical (unpaired) electrons. The third-order valence-electron chi connectivity index (χ3n) is 5.85. The topological polar surface area (TPSA) is 86.4 Å². The molecule has 2 heterocycles. The van der Waals surface area contributed by atoms with Gasteiger partial charge in [0.1, 0.15) is 5.82 Å². The molecule has 1 aromatic heterocycles. The normalized spacial score (nSPS) is 13.8. The van der Waals surface area contributed by atoms with Crippen molar-refractivity contribution in [1.29, 1.82) is 0 Å². The second-order valence-corrected chi connectivity index (χ2v) is 8.46. The molecule has 0 saturated carbocycles. The molecule has 4 rings (SSSR count). The molecule has 3 N–H and O–H groups in total. The molecule has 34 heavy (non-hydrogen) atoms. The first-order valence-corrected chi connectivity index (χ1v) is 11.9. The molecule has 2 aromatic carbocycles. The minimum absolute atomic E-state index is 0.0659. The number of amides is 2. The Morgan fingerprint density at radius 3 is 2.41 bits per heavy atom. The van der Waals surface area contributed by atoms with Gasteiger partial charge in [-0.2, -0.15) is 0 Å². The number of likely N-dealkylation sites (tertiary alicyclic amines) is 1. The van der Waals surface area contributed by atoms with Gasteiger partial charge in [-0.1, -0.05) is 18.6 Å². The lowest BCUT2D eigenvalue weighted by atomic mass is 10.1. The van der Waals surface area contributed by atoms with Crippen molar-refractivity contribution >= 4 is 29.0 Å². The molecule has 3 aromatic rings. The highest BCUT2D eigenvalue weighted by Gasteiger charge is 2.11. The Kier molecular flexibility index (Phi) is 8.24. The van der Waals surface area contributed by atoms with Crippen LogP contribution in [0.1, 0.15) is 46.4 Å². The van der Waals surface area contributed by atoms with Crippen LogP contribution < -0.4 is 16.0 Å². The lowest BCUT2D eigenvalue weighted by molar-refractivity contribution is 0.0950. The minimum atomic E-state index is -0.218. The molecule has 7 heteroatoms. The van der Waals surface area contributed by atoms with Gasteiger partial charge in [0.25, 0.3) is 11.8 Å². The van der Waals surface area contributed by atoms with E-state index in [-0.39, 0.29) is 11.8 Å². The fourth-order valence-electron chi connectivity index (χ4n) is 4.02. The van der Waals surface area contributed by atoms with Crippen molar-refractivity contribution in [3.05, 3.63) is 84.1 Å². The van der Waals surface area contributed by atoms with Crippen LogP contribution in [0.2, 0.25) is 0 Å². The number of hydrogen-bond donors (Lipinski definition) is 3. The Morgan fingerprint density at radius 2 is 1.65 bits per heavy atom. The molecule has 176 valence electrons. The summed E-state index contributed by atoms with van der Waals surface area (Å²) in [6, 6.07) is 19.9. The zero-order valence-electron chi connectivity index (χ0n) is 19.3. The van der Waals surface area contributed by atoms with Gasteiger partial charge in [0.2, 0.25) is 0 Å². The van der Waals surface area contributed by atoms with Gasteiger partial charge in [-0.3, -0.25) is 9.59 Å². The molecule has 0 aliphatic carbocycles. The molecular weight excluding hydrogens is 426 g/mol. The van der Waals surface area contributed by atoms with Crippen LogP contribution in [-0.4, -0.2) is 47.9 Å². The second-order valence-electron chi connectivity index (χ2n) is 8.46. The molecule has 2 amide bonds. The van der Waals surface area contributed by atoms with Crippen LogP contribution in [0, 0.1) is 0 Å². The lowest BCUT2D eigenvalue weighted by Gasteiger charge is -2.26. The van der Waals surface area contributed by atoms with E-state index in [1.807, 2.05) is 42.5 Å². The average molecular weight is 458 g/mol. The van der Waals surface area contributed by atoms with Gasteiger partial charge in [-0.05, 0) is 93.5 Å². The maximum Gasteiger partial charge on any atom is 0.256 e. The first-order chi connectivity index (χ1) is 16.7. The van der Waals surface area contributed by atoms with Crippen LogP contribution in [0.15, 0.2) is 72.9 Å². The van der Waals surface area contributed by atoms with Gasteiger partial charge >= 0.3 is 0 Å². The van der Waals surface area contributed by atoms with E-state index in [4.69, 9.17) is 0 Å². The molecule has 0 bridgehead atoms. The SMILES string of the molecule is O=C(NCCCN1CCCCC1)c1cccc(Nc2ccc(C(=O)Nc3ccccn3)cc2)c1. The summed E-state index contributed by atoms with van der Waals surface area (Å²) < 4.78 is 0. The zero-order valence-corrected chi connectivity index (χ0v) is 19.3. The smallest absolute Gasteiger partial charge is 0.256 e. The largest absolute Gasteiger partial charge is 0.356 e. The van der Waals surface area contributed by atoms with E-state index < -0.39 is 0 Å². The van der Waals surface area contributed by atoms with Crippen molar-refractivity contribution in [2.75, 3.05) is 36.8 Å². The quantitative estimate of drug-likeness (QED) is 0.406. The Bertz CT molecular complexity index is 1080. The molecule has 7 nitrogen and oxygen atoms in total. The van der Waals surface area contributed by atoms with Gasteiger partial charge in [0, 0.05) is 35.2 Å². The van der Waals surface area contributed by atoms with Crippen molar-refractivity contribution in [3.63, 3.8) is 0 Å². The molecule has 1 saturated heterocycles. The number of pyridine rings is 1. The fourth-order valence-corrected chi connectivity index (χ4v) is 4.02. The Balaban J connectivity index is 1.26. The summed E-state index contributed by atoms with van der Waals surface area (Å²) in [5, 5.41) is 9.09. The van der Waals surface area contributed by atoms with Gasteiger partial charge in [0.15, 0.2) is 0 Å². The third kappa shape index (κ3) is 6.89. The number of hydrogen-bond acceptors (Lipinski definition) is 5. The van der Waals surface area contributed by atoms with Gasteiger partial charge in [-0.25, -0.2) is 4.98 Å². The summed E-state index contributed by atoms with van der Waals surface area (Å²) in [5.74, 6) is 0.226. The summed E-state index contributed by atoms with van der Waals surface area (Å²) in [7, 11) is 0. The van der Waals surface area contributed by atoms with Gasteiger partial charge in [-0.15, -0.1) is 0 Å². The van der Waals surface area contributed by atoms with Crippen LogP contribution >= 0.6 is 0 Å². The minimum Gasteiger partial charge on any atom is -0.356 e. The third-order valence-corrected chi connectivity index (χ3v) is 5.85. The molecular formula is C27H31N5O2. The Labute approximate surface area is 200 Å². The highest BCUT2D eigenvalue weighted by molar-refractivity contribution is 6.04. The lowest BCUT2D eigenvalue weighted by Crippen LogP contribution is -2.33.